The number of halogens is 1. The quantitative estimate of drug-likeness (QED) is 0.557. The molecule has 3 rings (SSSR count). The number of oxazole rings is 1. The number of fused-ring (bicyclic) bond motifs is 1. The van der Waals surface area contributed by atoms with E-state index in [2.05, 4.69) is 6.92 Å². The highest BCUT2D eigenvalue weighted by Gasteiger charge is 2.13. The van der Waals surface area contributed by atoms with Gasteiger partial charge < -0.3 is 14.9 Å². The molecule has 2 aromatic carbocycles. The molecule has 0 aliphatic heterocycles. The Labute approximate surface area is 168 Å². The molecule has 0 unspecified atom stereocenters. The molecular formula is C22H24FN3O3. The van der Waals surface area contributed by atoms with Crippen LogP contribution in [-0.4, -0.2) is 23.8 Å². The third-order valence-electron chi connectivity index (χ3n) is 4.76. The van der Waals surface area contributed by atoms with Crippen LogP contribution in [0.3, 0.4) is 0 Å². The Kier molecular flexibility index (Phi) is 6.81. The van der Waals surface area contributed by atoms with E-state index in [1.807, 2.05) is 12.1 Å². The van der Waals surface area contributed by atoms with Gasteiger partial charge in [0.15, 0.2) is 5.58 Å². The fraction of sp³-hybridized carbons (Fsp3) is 0.364. The summed E-state index contributed by atoms with van der Waals surface area (Å²) in [5, 5.41) is 8.81. The van der Waals surface area contributed by atoms with Crippen molar-refractivity contribution in [1.29, 1.82) is 5.26 Å². The van der Waals surface area contributed by atoms with Crippen LogP contribution in [0.2, 0.25) is 0 Å². The van der Waals surface area contributed by atoms with Crippen LogP contribution in [0.15, 0.2) is 45.6 Å². The SMILES string of the molecule is CCCCOCCn1c(=O)oc2ccc(-c3ccc(C[C@H](N)C#N)c(F)c3)cc21. The molecule has 0 amide bonds. The van der Waals surface area contributed by atoms with E-state index in [1.54, 1.807) is 24.3 Å². The third-order valence-corrected chi connectivity index (χ3v) is 4.76. The van der Waals surface area contributed by atoms with E-state index in [0.717, 1.165) is 18.4 Å². The lowest BCUT2D eigenvalue weighted by Crippen LogP contribution is -2.20. The molecule has 152 valence electrons. The minimum Gasteiger partial charge on any atom is -0.408 e. The van der Waals surface area contributed by atoms with Gasteiger partial charge in [0, 0.05) is 13.0 Å². The average molecular weight is 397 g/mol. The van der Waals surface area contributed by atoms with Crippen LogP contribution in [0.1, 0.15) is 25.3 Å². The largest absolute Gasteiger partial charge is 0.420 e. The summed E-state index contributed by atoms with van der Waals surface area (Å²) in [6.07, 6.45) is 2.18. The van der Waals surface area contributed by atoms with Gasteiger partial charge in [-0.15, -0.1) is 0 Å². The first-order valence-electron chi connectivity index (χ1n) is 9.68. The maximum atomic E-state index is 14.4. The summed E-state index contributed by atoms with van der Waals surface area (Å²) >= 11 is 0. The summed E-state index contributed by atoms with van der Waals surface area (Å²) in [4.78, 5) is 12.2. The molecule has 1 atom stereocenters. The van der Waals surface area contributed by atoms with Gasteiger partial charge in [-0.05, 0) is 41.3 Å². The lowest BCUT2D eigenvalue weighted by Gasteiger charge is -2.08. The number of hydrogen-bond acceptors (Lipinski definition) is 5. The zero-order chi connectivity index (χ0) is 20.8. The van der Waals surface area contributed by atoms with Gasteiger partial charge in [-0.1, -0.05) is 31.5 Å². The van der Waals surface area contributed by atoms with Crippen LogP contribution < -0.4 is 11.5 Å². The van der Waals surface area contributed by atoms with Gasteiger partial charge in [-0.3, -0.25) is 4.57 Å². The molecule has 29 heavy (non-hydrogen) atoms. The zero-order valence-electron chi connectivity index (χ0n) is 16.4. The molecule has 0 bridgehead atoms. The molecule has 0 saturated heterocycles. The van der Waals surface area contributed by atoms with Gasteiger partial charge in [0.1, 0.15) is 5.82 Å². The summed E-state index contributed by atoms with van der Waals surface area (Å²) in [6, 6.07) is 11.3. The van der Waals surface area contributed by atoms with Crippen LogP contribution in [-0.2, 0) is 17.7 Å². The molecular weight excluding hydrogens is 373 g/mol. The van der Waals surface area contributed by atoms with Crippen molar-refractivity contribution in [3.63, 3.8) is 0 Å². The first-order chi connectivity index (χ1) is 14.0. The molecule has 2 N–H and O–H groups in total. The standard InChI is InChI=1S/C22H24FN3O3/c1-2-3-9-28-10-8-26-20-13-16(6-7-21(20)29-22(26)27)15-4-5-17(19(23)12-15)11-18(25)14-24/h4-7,12-13,18H,2-3,8-11,25H2,1H3/t18-/m0/s1. The van der Waals surface area contributed by atoms with Crippen LogP contribution in [0.4, 0.5) is 4.39 Å². The van der Waals surface area contributed by atoms with Crippen molar-refractivity contribution in [2.75, 3.05) is 13.2 Å². The van der Waals surface area contributed by atoms with Crippen molar-refractivity contribution in [3.8, 4) is 17.2 Å². The smallest absolute Gasteiger partial charge is 0.408 e. The van der Waals surface area contributed by atoms with Gasteiger partial charge in [0.25, 0.3) is 0 Å². The van der Waals surface area contributed by atoms with Crippen LogP contribution >= 0.6 is 0 Å². The molecule has 0 fully saturated rings. The molecule has 0 saturated carbocycles. The molecule has 0 aliphatic carbocycles. The van der Waals surface area contributed by atoms with Gasteiger partial charge >= 0.3 is 5.76 Å². The number of hydrogen-bond donors (Lipinski definition) is 1. The van der Waals surface area contributed by atoms with Crippen molar-refractivity contribution in [2.24, 2.45) is 5.73 Å². The number of nitriles is 1. The first-order valence-corrected chi connectivity index (χ1v) is 9.68. The van der Waals surface area contributed by atoms with Gasteiger partial charge in [0.05, 0.1) is 30.8 Å². The van der Waals surface area contributed by atoms with Crippen molar-refractivity contribution >= 4 is 11.1 Å². The van der Waals surface area contributed by atoms with E-state index in [9.17, 15) is 9.18 Å². The average Bonchev–Trinajstić information content (AvgIpc) is 3.03. The lowest BCUT2D eigenvalue weighted by molar-refractivity contribution is 0.123. The fourth-order valence-corrected chi connectivity index (χ4v) is 3.13. The van der Waals surface area contributed by atoms with Crippen molar-refractivity contribution in [2.45, 2.75) is 38.8 Å². The molecule has 0 spiro atoms. The predicted molar refractivity (Wildman–Crippen MR) is 109 cm³/mol. The highest BCUT2D eigenvalue weighted by molar-refractivity contribution is 5.80. The number of aromatic nitrogens is 1. The highest BCUT2D eigenvalue weighted by Crippen LogP contribution is 2.26. The topological polar surface area (TPSA) is 94.2 Å². The molecule has 0 radical (unpaired) electrons. The summed E-state index contributed by atoms with van der Waals surface area (Å²) in [7, 11) is 0. The Bertz CT molecular complexity index is 1080. The number of rotatable bonds is 9. The summed E-state index contributed by atoms with van der Waals surface area (Å²) < 4.78 is 26.8. The Morgan fingerprint density at radius 1 is 1.24 bits per heavy atom. The van der Waals surface area contributed by atoms with E-state index >= 15 is 0 Å². The number of nitrogens with two attached hydrogens (primary N) is 1. The lowest BCUT2D eigenvalue weighted by atomic mass is 10.00. The van der Waals surface area contributed by atoms with Crippen molar-refractivity contribution in [3.05, 3.63) is 58.3 Å². The van der Waals surface area contributed by atoms with Crippen molar-refractivity contribution < 1.29 is 13.5 Å². The molecule has 3 aromatic rings. The Hall–Kier alpha value is -2.95. The van der Waals surface area contributed by atoms with Crippen LogP contribution in [0.5, 0.6) is 0 Å². The third kappa shape index (κ3) is 4.91. The van der Waals surface area contributed by atoms with E-state index in [0.29, 0.717) is 42.0 Å². The Morgan fingerprint density at radius 2 is 2.00 bits per heavy atom. The number of unbranched alkanes of at least 4 members (excludes halogenated alkanes) is 1. The number of benzene rings is 2. The number of nitrogens with zero attached hydrogens (tertiary/aromatic N) is 2. The predicted octanol–water partition coefficient (Wildman–Crippen LogP) is 3.61. The Balaban J connectivity index is 1.85. The van der Waals surface area contributed by atoms with Crippen molar-refractivity contribution in [1.82, 2.24) is 4.57 Å². The van der Waals surface area contributed by atoms with E-state index in [1.165, 1.54) is 10.6 Å². The van der Waals surface area contributed by atoms with E-state index in [4.69, 9.17) is 20.1 Å². The highest BCUT2D eigenvalue weighted by atomic mass is 19.1. The maximum absolute atomic E-state index is 14.4. The molecule has 6 nitrogen and oxygen atoms in total. The Morgan fingerprint density at radius 3 is 2.72 bits per heavy atom. The number of ether oxygens (including phenoxy) is 1. The van der Waals surface area contributed by atoms with E-state index in [-0.39, 0.29) is 6.42 Å². The minimum absolute atomic E-state index is 0.154. The summed E-state index contributed by atoms with van der Waals surface area (Å²) in [5.74, 6) is -0.856. The second kappa shape index (κ2) is 9.50. The van der Waals surface area contributed by atoms with Gasteiger partial charge in [0.2, 0.25) is 0 Å². The monoisotopic (exact) mass is 397 g/mol. The second-order valence-corrected chi connectivity index (χ2v) is 6.91. The molecule has 1 aromatic heterocycles. The second-order valence-electron chi connectivity index (χ2n) is 6.91. The van der Waals surface area contributed by atoms with Crippen LogP contribution in [0.25, 0.3) is 22.2 Å². The van der Waals surface area contributed by atoms with Crippen LogP contribution in [0, 0.1) is 17.1 Å². The summed E-state index contributed by atoms with van der Waals surface area (Å²) in [5.41, 5.74) is 8.53. The molecule has 1 heterocycles. The zero-order valence-corrected chi connectivity index (χ0v) is 16.4. The molecule has 7 heteroatoms. The van der Waals surface area contributed by atoms with Gasteiger partial charge in [-0.25, -0.2) is 9.18 Å². The van der Waals surface area contributed by atoms with E-state index < -0.39 is 17.6 Å². The van der Waals surface area contributed by atoms with Gasteiger partial charge in [-0.2, -0.15) is 5.26 Å². The normalized spacial score (nSPS) is 12.2. The maximum Gasteiger partial charge on any atom is 0.420 e. The fourth-order valence-electron chi connectivity index (χ4n) is 3.13. The minimum atomic E-state index is -0.744. The summed E-state index contributed by atoms with van der Waals surface area (Å²) in [6.45, 7) is 3.55. The molecule has 0 aliphatic rings. The first kappa shape index (κ1) is 20.8.